The molecule has 0 aliphatic heterocycles. The fraction of sp³-hybridized carbons (Fsp3) is 0.650. The molecule has 0 N–H and O–H groups in total. The molecule has 1 fully saturated rings. The van der Waals surface area contributed by atoms with Gasteiger partial charge in [0.25, 0.3) is 0 Å². The van der Waals surface area contributed by atoms with Gasteiger partial charge in [-0.25, -0.2) is 0 Å². The van der Waals surface area contributed by atoms with Crippen molar-refractivity contribution in [2.45, 2.75) is 66.2 Å². The second-order valence-corrected chi connectivity index (χ2v) is 8.17. The highest BCUT2D eigenvalue weighted by molar-refractivity contribution is 5.97. The van der Waals surface area contributed by atoms with Crippen molar-refractivity contribution in [3.63, 3.8) is 0 Å². The Morgan fingerprint density at radius 3 is 2.68 bits per heavy atom. The maximum Gasteiger partial charge on any atom is 0.158 e. The van der Waals surface area contributed by atoms with Gasteiger partial charge in [0.05, 0.1) is 12.5 Å². The SMILES string of the molecule is CC1=C(CCc2ccoc2)C2(C)CCCC(C)(C)C2CC1=O. The quantitative estimate of drug-likeness (QED) is 0.754. The van der Waals surface area contributed by atoms with E-state index in [0.717, 1.165) is 24.8 Å². The fourth-order valence-corrected chi connectivity index (χ4v) is 5.10. The largest absolute Gasteiger partial charge is 0.472 e. The van der Waals surface area contributed by atoms with Gasteiger partial charge in [-0.2, -0.15) is 0 Å². The number of furan rings is 1. The van der Waals surface area contributed by atoms with Crippen LogP contribution in [0.2, 0.25) is 0 Å². The molecular weight excluding hydrogens is 272 g/mol. The second kappa shape index (κ2) is 5.40. The van der Waals surface area contributed by atoms with Crippen LogP contribution >= 0.6 is 0 Å². The molecule has 2 unspecified atom stereocenters. The van der Waals surface area contributed by atoms with Crippen LogP contribution in [-0.2, 0) is 11.2 Å². The van der Waals surface area contributed by atoms with Gasteiger partial charge in [0.15, 0.2) is 5.78 Å². The third-order valence-corrected chi connectivity index (χ3v) is 6.42. The van der Waals surface area contributed by atoms with Crippen molar-refractivity contribution in [1.82, 2.24) is 0 Å². The van der Waals surface area contributed by atoms with Crippen LogP contribution in [0.3, 0.4) is 0 Å². The summed E-state index contributed by atoms with van der Waals surface area (Å²) in [6.45, 7) is 9.18. The van der Waals surface area contributed by atoms with E-state index in [1.807, 2.05) is 12.3 Å². The first-order valence-corrected chi connectivity index (χ1v) is 8.59. The molecular formula is C20H28O2. The first kappa shape index (κ1) is 15.6. The average Bonchev–Trinajstić information content (AvgIpc) is 2.94. The zero-order chi connectivity index (χ0) is 16.0. The second-order valence-electron chi connectivity index (χ2n) is 8.17. The molecule has 2 nitrogen and oxygen atoms in total. The third kappa shape index (κ3) is 2.47. The molecule has 0 saturated heterocycles. The highest BCUT2D eigenvalue weighted by Crippen LogP contribution is 2.59. The highest BCUT2D eigenvalue weighted by atomic mass is 16.3. The lowest BCUT2D eigenvalue weighted by Gasteiger charge is -2.54. The van der Waals surface area contributed by atoms with Crippen molar-refractivity contribution < 1.29 is 9.21 Å². The number of ketones is 1. The van der Waals surface area contributed by atoms with Crippen LogP contribution in [0.25, 0.3) is 0 Å². The van der Waals surface area contributed by atoms with Crippen molar-refractivity contribution in [3.05, 3.63) is 35.3 Å². The molecule has 1 heterocycles. The third-order valence-electron chi connectivity index (χ3n) is 6.42. The van der Waals surface area contributed by atoms with Crippen LogP contribution in [0.1, 0.15) is 65.4 Å². The van der Waals surface area contributed by atoms with E-state index >= 15 is 0 Å². The van der Waals surface area contributed by atoms with Crippen molar-refractivity contribution >= 4 is 5.78 Å². The number of hydrogen-bond acceptors (Lipinski definition) is 2. The summed E-state index contributed by atoms with van der Waals surface area (Å²) in [6, 6.07) is 2.03. The Kier molecular flexibility index (Phi) is 3.82. The van der Waals surface area contributed by atoms with Gasteiger partial charge in [-0.05, 0) is 66.6 Å². The average molecular weight is 300 g/mol. The summed E-state index contributed by atoms with van der Waals surface area (Å²) in [5, 5.41) is 0. The van der Waals surface area contributed by atoms with Crippen LogP contribution in [0.5, 0.6) is 0 Å². The number of fused-ring (bicyclic) bond motifs is 1. The molecule has 1 saturated carbocycles. The van der Waals surface area contributed by atoms with E-state index in [4.69, 9.17) is 4.42 Å². The van der Waals surface area contributed by atoms with Gasteiger partial charge in [0.2, 0.25) is 0 Å². The van der Waals surface area contributed by atoms with Gasteiger partial charge < -0.3 is 4.42 Å². The normalized spacial score (nSPS) is 31.3. The monoisotopic (exact) mass is 300 g/mol. The Morgan fingerprint density at radius 2 is 2.00 bits per heavy atom. The number of hydrogen-bond donors (Lipinski definition) is 0. The van der Waals surface area contributed by atoms with Crippen LogP contribution in [0.15, 0.2) is 34.2 Å². The molecule has 22 heavy (non-hydrogen) atoms. The fourth-order valence-electron chi connectivity index (χ4n) is 5.10. The van der Waals surface area contributed by atoms with Gasteiger partial charge in [0.1, 0.15) is 0 Å². The van der Waals surface area contributed by atoms with Gasteiger partial charge in [-0.1, -0.05) is 32.8 Å². The van der Waals surface area contributed by atoms with E-state index in [-0.39, 0.29) is 10.8 Å². The van der Waals surface area contributed by atoms with E-state index in [1.165, 1.54) is 30.4 Å². The lowest BCUT2D eigenvalue weighted by atomic mass is 9.49. The van der Waals surface area contributed by atoms with Gasteiger partial charge >= 0.3 is 0 Å². The summed E-state index contributed by atoms with van der Waals surface area (Å²) in [5.74, 6) is 0.865. The Bertz CT molecular complexity index is 591. The van der Waals surface area contributed by atoms with E-state index in [1.54, 1.807) is 6.26 Å². The van der Waals surface area contributed by atoms with E-state index < -0.39 is 0 Å². The molecule has 2 atom stereocenters. The highest BCUT2D eigenvalue weighted by Gasteiger charge is 2.51. The molecule has 2 aliphatic rings. The van der Waals surface area contributed by atoms with E-state index in [2.05, 4.69) is 27.7 Å². The summed E-state index contributed by atoms with van der Waals surface area (Å²) in [7, 11) is 0. The molecule has 0 amide bonds. The number of allylic oxidation sites excluding steroid dienone is 2. The maximum absolute atomic E-state index is 12.6. The van der Waals surface area contributed by atoms with Crippen molar-refractivity contribution in [2.75, 3.05) is 0 Å². The van der Waals surface area contributed by atoms with Crippen LogP contribution in [0, 0.1) is 16.7 Å². The predicted octanol–water partition coefficient (Wildman–Crippen LogP) is 5.33. The summed E-state index contributed by atoms with van der Waals surface area (Å²) in [6.07, 6.45) is 10.0. The first-order chi connectivity index (χ1) is 10.3. The molecule has 0 spiro atoms. The Labute approximate surface area is 134 Å². The zero-order valence-corrected chi connectivity index (χ0v) is 14.4. The van der Waals surface area contributed by atoms with Crippen molar-refractivity contribution in [3.8, 4) is 0 Å². The summed E-state index contributed by atoms with van der Waals surface area (Å²) >= 11 is 0. The maximum atomic E-state index is 12.6. The topological polar surface area (TPSA) is 30.2 Å². The lowest BCUT2D eigenvalue weighted by molar-refractivity contribution is -0.122. The number of carbonyl (C=O) groups is 1. The van der Waals surface area contributed by atoms with E-state index in [0.29, 0.717) is 11.7 Å². The van der Waals surface area contributed by atoms with Crippen molar-refractivity contribution in [2.24, 2.45) is 16.7 Å². The summed E-state index contributed by atoms with van der Waals surface area (Å²) in [5.41, 5.74) is 4.16. The number of aryl methyl sites for hydroxylation is 1. The smallest absolute Gasteiger partial charge is 0.158 e. The Balaban J connectivity index is 1.93. The molecule has 2 heteroatoms. The van der Waals surface area contributed by atoms with Crippen LogP contribution < -0.4 is 0 Å². The predicted molar refractivity (Wildman–Crippen MR) is 88.6 cm³/mol. The number of Topliss-reactive ketones (excluding diaryl/α,β-unsaturated/α-hetero) is 1. The molecule has 0 bridgehead atoms. The first-order valence-electron chi connectivity index (χ1n) is 8.59. The van der Waals surface area contributed by atoms with Gasteiger partial charge in [-0.15, -0.1) is 0 Å². The molecule has 1 aromatic rings. The number of rotatable bonds is 3. The summed E-state index contributed by atoms with van der Waals surface area (Å²) in [4.78, 5) is 12.6. The van der Waals surface area contributed by atoms with Crippen LogP contribution in [-0.4, -0.2) is 5.78 Å². The molecule has 120 valence electrons. The minimum absolute atomic E-state index is 0.198. The van der Waals surface area contributed by atoms with Crippen molar-refractivity contribution in [1.29, 1.82) is 0 Å². The van der Waals surface area contributed by atoms with E-state index in [9.17, 15) is 4.79 Å². The van der Waals surface area contributed by atoms with Gasteiger partial charge in [0, 0.05) is 6.42 Å². The van der Waals surface area contributed by atoms with Crippen LogP contribution in [0.4, 0.5) is 0 Å². The Hall–Kier alpha value is -1.31. The number of carbonyl (C=O) groups excluding carboxylic acids is 1. The Morgan fingerprint density at radius 1 is 1.23 bits per heavy atom. The molecule has 2 aliphatic carbocycles. The molecule has 0 radical (unpaired) electrons. The molecule has 3 rings (SSSR count). The minimum atomic E-state index is 0.198. The summed E-state index contributed by atoms with van der Waals surface area (Å²) < 4.78 is 5.18. The molecule has 0 aromatic carbocycles. The zero-order valence-electron chi connectivity index (χ0n) is 14.4. The lowest BCUT2D eigenvalue weighted by Crippen LogP contribution is -2.47. The molecule has 1 aromatic heterocycles. The van der Waals surface area contributed by atoms with Gasteiger partial charge in [-0.3, -0.25) is 4.79 Å². The minimum Gasteiger partial charge on any atom is -0.472 e. The standard InChI is InChI=1S/C20H28O2/c1-14-16(7-6-15-8-11-22-13-15)20(4)10-5-9-19(2,3)18(20)12-17(14)21/h8,11,13,18H,5-7,9-10,12H2,1-4H3.